The molecule has 4 nitrogen and oxygen atoms in total. The van der Waals surface area contributed by atoms with E-state index in [0.717, 1.165) is 13.1 Å². The van der Waals surface area contributed by atoms with Crippen molar-refractivity contribution in [3.05, 3.63) is 0 Å². The second-order valence-corrected chi connectivity index (χ2v) is 2.91. The van der Waals surface area contributed by atoms with Gasteiger partial charge in [-0.1, -0.05) is 0 Å². The SMILES string of the molecule is CN(C)C1CN(C(=N)N)C1.Cl.Cl. The lowest BCUT2D eigenvalue weighted by atomic mass is 10.1. The first-order valence-corrected chi connectivity index (χ1v) is 3.36. The zero-order valence-electron chi connectivity index (χ0n) is 7.28. The van der Waals surface area contributed by atoms with Crippen LogP contribution >= 0.6 is 24.8 Å². The monoisotopic (exact) mass is 214 g/mol. The van der Waals surface area contributed by atoms with Crippen LogP contribution in [0.3, 0.4) is 0 Å². The molecule has 0 saturated carbocycles. The quantitative estimate of drug-likeness (QED) is 0.477. The standard InChI is InChI=1S/C6H14N4.2ClH/c1-9(2)5-3-10(4-5)6(7)8;;/h5H,3-4H2,1-2H3,(H3,7,8);2*1H. The van der Waals surface area contributed by atoms with Gasteiger partial charge in [0.25, 0.3) is 0 Å². The molecule has 0 unspecified atom stereocenters. The lowest BCUT2D eigenvalue weighted by molar-refractivity contribution is 0.122. The number of rotatable bonds is 1. The summed E-state index contributed by atoms with van der Waals surface area (Å²) in [5.41, 5.74) is 5.25. The maximum Gasteiger partial charge on any atom is 0.188 e. The zero-order chi connectivity index (χ0) is 7.72. The van der Waals surface area contributed by atoms with E-state index < -0.39 is 0 Å². The molecule has 1 aliphatic heterocycles. The Balaban J connectivity index is 0. The molecule has 0 amide bonds. The first-order chi connectivity index (χ1) is 4.61. The predicted molar refractivity (Wildman–Crippen MR) is 55.5 cm³/mol. The van der Waals surface area contributed by atoms with Crippen LogP contribution < -0.4 is 5.73 Å². The third-order valence-electron chi connectivity index (χ3n) is 1.93. The molecule has 0 spiro atoms. The Hall–Kier alpha value is -0.190. The molecule has 0 atom stereocenters. The second-order valence-electron chi connectivity index (χ2n) is 2.91. The fraction of sp³-hybridized carbons (Fsp3) is 0.833. The highest BCUT2D eigenvalue weighted by Crippen LogP contribution is 2.10. The molecule has 1 saturated heterocycles. The van der Waals surface area contributed by atoms with Gasteiger partial charge in [-0.3, -0.25) is 5.41 Å². The smallest absolute Gasteiger partial charge is 0.188 e. The summed E-state index contributed by atoms with van der Waals surface area (Å²) in [5.74, 6) is 0.193. The molecule has 1 aliphatic rings. The fourth-order valence-electron chi connectivity index (χ4n) is 0.979. The van der Waals surface area contributed by atoms with Crippen LogP contribution in [0.4, 0.5) is 0 Å². The summed E-state index contributed by atoms with van der Waals surface area (Å²) in [6, 6.07) is 0.587. The van der Waals surface area contributed by atoms with Crippen molar-refractivity contribution in [1.82, 2.24) is 9.80 Å². The van der Waals surface area contributed by atoms with Gasteiger partial charge in [0.05, 0.1) is 0 Å². The van der Waals surface area contributed by atoms with E-state index in [1.807, 2.05) is 19.0 Å². The van der Waals surface area contributed by atoms with Gasteiger partial charge in [0.1, 0.15) is 0 Å². The van der Waals surface area contributed by atoms with Gasteiger partial charge in [0.15, 0.2) is 5.96 Å². The molecule has 3 N–H and O–H groups in total. The van der Waals surface area contributed by atoms with Crippen LogP contribution in [-0.4, -0.2) is 49.0 Å². The number of likely N-dealkylation sites (N-methyl/N-ethyl adjacent to an activating group) is 1. The topological polar surface area (TPSA) is 56.4 Å². The summed E-state index contributed by atoms with van der Waals surface area (Å²) in [5, 5.41) is 7.07. The van der Waals surface area contributed by atoms with Crippen LogP contribution in [0.1, 0.15) is 0 Å². The number of nitrogens with zero attached hydrogens (tertiary/aromatic N) is 2. The molecule has 12 heavy (non-hydrogen) atoms. The van der Waals surface area contributed by atoms with Crippen molar-refractivity contribution in [3.63, 3.8) is 0 Å². The number of nitrogens with two attached hydrogens (primary N) is 1. The molecule has 74 valence electrons. The van der Waals surface area contributed by atoms with Crippen LogP contribution in [0.15, 0.2) is 0 Å². The summed E-state index contributed by atoms with van der Waals surface area (Å²) in [6.07, 6.45) is 0. The van der Waals surface area contributed by atoms with Crippen LogP contribution in [-0.2, 0) is 0 Å². The summed E-state index contributed by atoms with van der Waals surface area (Å²) in [6.45, 7) is 1.81. The molecule has 1 fully saturated rings. The van der Waals surface area contributed by atoms with E-state index >= 15 is 0 Å². The molecule has 0 aromatic heterocycles. The minimum Gasteiger partial charge on any atom is -0.370 e. The minimum absolute atomic E-state index is 0. The highest BCUT2D eigenvalue weighted by atomic mass is 35.5. The van der Waals surface area contributed by atoms with E-state index in [4.69, 9.17) is 11.1 Å². The number of likely N-dealkylation sites (tertiary alicyclic amines) is 1. The van der Waals surface area contributed by atoms with Gasteiger partial charge in [-0.25, -0.2) is 0 Å². The first kappa shape index (κ1) is 14.3. The second kappa shape index (κ2) is 5.45. The Kier molecular flexibility index (Phi) is 6.52. The predicted octanol–water partition coefficient (Wildman–Crippen LogP) is -0.0307. The third kappa shape index (κ3) is 3.05. The van der Waals surface area contributed by atoms with E-state index in [0.29, 0.717) is 6.04 Å². The van der Waals surface area contributed by atoms with Gasteiger partial charge in [-0.05, 0) is 14.1 Å². The van der Waals surface area contributed by atoms with Crippen molar-refractivity contribution in [3.8, 4) is 0 Å². The summed E-state index contributed by atoms with van der Waals surface area (Å²) in [7, 11) is 4.09. The van der Waals surface area contributed by atoms with Gasteiger partial charge in [0.2, 0.25) is 0 Å². The van der Waals surface area contributed by atoms with E-state index in [1.165, 1.54) is 0 Å². The molecule has 6 heteroatoms. The maximum atomic E-state index is 7.07. The van der Waals surface area contributed by atoms with Gasteiger partial charge in [-0.15, -0.1) is 24.8 Å². The van der Waals surface area contributed by atoms with Crippen molar-refractivity contribution in [2.45, 2.75) is 6.04 Å². The van der Waals surface area contributed by atoms with Crippen molar-refractivity contribution in [2.75, 3.05) is 27.2 Å². The zero-order valence-corrected chi connectivity index (χ0v) is 8.91. The maximum absolute atomic E-state index is 7.07. The van der Waals surface area contributed by atoms with Gasteiger partial charge in [-0.2, -0.15) is 0 Å². The summed E-state index contributed by atoms with van der Waals surface area (Å²) >= 11 is 0. The number of hydrogen-bond donors (Lipinski definition) is 2. The fourth-order valence-corrected chi connectivity index (χ4v) is 0.979. The van der Waals surface area contributed by atoms with E-state index in [9.17, 15) is 0 Å². The number of halogens is 2. The van der Waals surface area contributed by atoms with Crippen molar-refractivity contribution >= 4 is 30.8 Å². The minimum atomic E-state index is 0. The van der Waals surface area contributed by atoms with Gasteiger partial charge < -0.3 is 15.5 Å². The average molecular weight is 215 g/mol. The van der Waals surface area contributed by atoms with Crippen LogP contribution in [0.25, 0.3) is 0 Å². The molecule has 0 aromatic rings. The Morgan fingerprint density at radius 3 is 2.08 bits per heavy atom. The third-order valence-corrected chi connectivity index (χ3v) is 1.93. The molecular weight excluding hydrogens is 199 g/mol. The molecular formula is C6H16Cl2N4. The van der Waals surface area contributed by atoms with E-state index in [2.05, 4.69) is 4.90 Å². The number of hydrogen-bond acceptors (Lipinski definition) is 2. The van der Waals surface area contributed by atoms with Crippen molar-refractivity contribution < 1.29 is 0 Å². The number of guanidine groups is 1. The molecule has 0 aromatic carbocycles. The molecule has 0 radical (unpaired) electrons. The highest BCUT2D eigenvalue weighted by molar-refractivity contribution is 5.85. The van der Waals surface area contributed by atoms with Crippen LogP contribution in [0, 0.1) is 5.41 Å². The van der Waals surface area contributed by atoms with E-state index in [-0.39, 0.29) is 30.8 Å². The van der Waals surface area contributed by atoms with Crippen LogP contribution in [0.5, 0.6) is 0 Å². The first-order valence-electron chi connectivity index (χ1n) is 3.36. The van der Waals surface area contributed by atoms with Crippen LogP contribution in [0.2, 0.25) is 0 Å². The van der Waals surface area contributed by atoms with Crippen molar-refractivity contribution in [2.24, 2.45) is 5.73 Å². The summed E-state index contributed by atoms with van der Waals surface area (Å²) < 4.78 is 0. The summed E-state index contributed by atoms with van der Waals surface area (Å²) in [4.78, 5) is 4.00. The molecule has 0 aliphatic carbocycles. The normalized spacial score (nSPS) is 16.1. The lowest BCUT2D eigenvalue weighted by Crippen LogP contribution is -2.60. The largest absolute Gasteiger partial charge is 0.370 e. The Bertz CT molecular complexity index is 144. The van der Waals surface area contributed by atoms with Crippen molar-refractivity contribution in [1.29, 1.82) is 5.41 Å². The molecule has 1 rings (SSSR count). The Morgan fingerprint density at radius 1 is 1.42 bits per heavy atom. The average Bonchev–Trinajstić information content (AvgIpc) is 1.56. The van der Waals surface area contributed by atoms with Gasteiger partial charge in [0, 0.05) is 19.1 Å². The lowest BCUT2D eigenvalue weighted by Gasteiger charge is -2.42. The number of nitrogens with one attached hydrogen (secondary N) is 1. The van der Waals surface area contributed by atoms with E-state index in [1.54, 1.807) is 0 Å². The van der Waals surface area contributed by atoms with Gasteiger partial charge >= 0.3 is 0 Å². The Morgan fingerprint density at radius 2 is 1.83 bits per heavy atom. The highest BCUT2D eigenvalue weighted by Gasteiger charge is 2.28. The Labute approximate surface area is 85.4 Å². The molecule has 0 bridgehead atoms. The molecule has 1 heterocycles.